The number of rotatable bonds is 2. The van der Waals surface area contributed by atoms with E-state index in [0.717, 1.165) is 6.54 Å². The van der Waals surface area contributed by atoms with Crippen molar-refractivity contribution < 1.29 is 0 Å². The van der Waals surface area contributed by atoms with Gasteiger partial charge in [0.1, 0.15) is 0 Å². The number of piperidine rings is 1. The van der Waals surface area contributed by atoms with E-state index in [-0.39, 0.29) is 0 Å². The van der Waals surface area contributed by atoms with Gasteiger partial charge in [-0.3, -0.25) is 0 Å². The van der Waals surface area contributed by atoms with Crippen molar-refractivity contribution in [3.63, 3.8) is 0 Å². The zero-order valence-electron chi connectivity index (χ0n) is 9.71. The first-order valence-corrected chi connectivity index (χ1v) is 6.48. The smallest absolute Gasteiger partial charge is 0.0329 e. The fraction of sp³-hybridized carbons (Fsp3) is 0.571. The first kappa shape index (κ1) is 10.3. The lowest BCUT2D eigenvalue weighted by Gasteiger charge is -2.27. The number of benzene rings is 1. The summed E-state index contributed by atoms with van der Waals surface area (Å²) in [6.07, 6.45) is 5.15. The molecule has 3 rings (SSSR count). The lowest BCUT2D eigenvalue weighted by atomic mass is 10.0. The van der Waals surface area contributed by atoms with Gasteiger partial charge in [0.25, 0.3) is 0 Å². The SMILES string of the molecule is c1ccc2c(c1)CCC2NC1CCCNC1. The Labute approximate surface area is 97.4 Å². The molecule has 86 valence electrons. The van der Waals surface area contributed by atoms with Crippen molar-refractivity contribution in [1.82, 2.24) is 10.6 Å². The minimum absolute atomic E-state index is 0.598. The number of fused-ring (bicyclic) bond motifs is 1. The molecule has 0 spiro atoms. The van der Waals surface area contributed by atoms with Gasteiger partial charge >= 0.3 is 0 Å². The van der Waals surface area contributed by atoms with Crippen molar-refractivity contribution >= 4 is 0 Å². The van der Waals surface area contributed by atoms with Gasteiger partial charge in [0.15, 0.2) is 0 Å². The minimum Gasteiger partial charge on any atom is -0.315 e. The highest BCUT2D eigenvalue weighted by molar-refractivity contribution is 5.34. The monoisotopic (exact) mass is 216 g/mol. The summed E-state index contributed by atoms with van der Waals surface area (Å²) in [5.74, 6) is 0. The van der Waals surface area contributed by atoms with Crippen LogP contribution in [0.4, 0.5) is 0 Å². The van der Waals surface area contributed by atoms with E-state index in [4.69, 9.17) is 0 Å². The van der Waals surface area contributed by atoms with E-state index in [9.17, 15) is 0 Å². The van der Waals surface area contributed by atoms with Gasteiger partial charge in [-0.2, -0.15) is 0 Å². The van der Waals surface area contributed by atoms with Gasteiger partial charge in [-0.1, -0.05) is 24.3 Å². The number of hydrogen-bond donors (Lipinski definition) is 2. The molecular weight excluding hydrogens is 196 g/mol. The lowest BCUT2D eigenvalue weighted by molar-refractivity contribution is 0.352. The van der Waals surface area contributed by atoms with E-state index in [1.54, 1.807) is 5.56 Å². The van der Waals surface area contributed by atoms with Crippen molar-refractivity contribution in [2.45, 2.75) is 37.8 Å². The second-order valence-electron chi connectivity index (χ2n) is 5.00. The summed E-state index contributed by atoms with van der Waals surface area (Å²) >= 11 is 0. The van der Waals surface area contributed by atoms with Crippen molar-refractivity contribution in [3.05, 3.63) is 35.4 Å². The summed E-state index contributed by atoms with van der Waals surface area (Å²) in [6, 6.07) is 10.2. The van der Waals surface area contributed by atoms with E-state index in [1.165, 1.54) is 37.8 Å². The number of nitrogens with one attached hydrogen (secondary N) is 2. The maximum Gasteiger partial charge on any atom is 0.0329 e. The third-order valence-electron chi connectivity index (χ3n) is 3.87. The maximum absolute atomic E-state index is 3.81. The summed E-state index contributed by atoms with van der Waals surface area (Å²) < 4.78 is 0. The predicted molar refractivity (Wildman–Crippen MR) is 66.5 cm³/mol. The third kappa shape index (κ3) is 2.00. The molecule has 0 aromatic heterocycles. The molecule has 1 heterocycles. The Morgan fingerprint density at radius 2 is 2.12 bits per heavy atom. The molecule has 2 heteroatoms. The Morgan fingerprint density at radius 3 is 3.00 bits per heavy atom. The van der Waals surface area contributed by atoms with Gasteiger partial charge in [0, 0.05) is 18.6 Å². The van der Waals surface area contributed by atoms with Crippen molar-refractivity contribution in [2.24, 2.45) is 0 Å². The van der Waals surface area contributed by atoms with Crippen LogP contribution in [0.2, 0.25) is 0 Å². The van der Waals surface area contributed by atoms with Gasteiger partial charge in [-0.15, -0.1) is 0 Å². The highest BCUT2D eigenvalue weighted by Crippen LogP contribution is 2.31. The van der Waals surface area contributed by atoms with Crippen LogP contribution in [0.25, 0.3) is 0 Å². The molecule has 16 heavy (non-hydrogen) atoms. The van der Waals surface area contributed by atoms with Crippen molar-refractivity contribution in [3.8, 4) is 0 Å². The molecule has 2 atom stereocenters. The van der Waals surface area contributed by atoms with Gasteiger partial charge < -0.3 is 10.6 Å². The highest BCUT2D eigenvalue weighted by Gasteiger charge is 2.24. The van der Waals surface area contributed by atoms with Crippen molar-refractivity contribution in [1.29, 1.82) is 0 Å². The predicted octanol–water partition coefficient (Wildman–Crippen LogP) is 2.02. The average Bonchev–Trinajstić information content (AvgIpc) is 2.74. The normalized spacial score (nSPS) is 29.0. The molecule has 1 saturated heterocycles. The molecule has 2 unspecified atom stereocenters. The van der Waals surface area contributed by atoms with Crippen LogP contribution in [0.5, 0.6) is 0 Å². The van der Waals surface area contributed by atoms with Crippen LogP contribution in [0.15, 0.2) is 24.3 Å². The quantitative estimate of drug-likeness (QED) is 0.790. The van der Waals surface area contributed by atoms with E-state index in [1.807, 2.05) is 0 Å². The van der Waals surface area contributed by atoms with Gasteiger partial charge in [-0.25, -0.2) is 0 Å². The van der Waals surface area contributed by atoms with Crippen LogP contribution >= 0.6 is 0 Å². The molecule has 1 aliphatic carbocycles. The number of hydrogen-bond acceptors (Lipinski definition) is 2. The molecule has 1 aliphatic heterocycles. The Kier molecular flexibility index (Phi) is 2.94. The van der Waals surface area contributed by atoms with Crippen LogP contribution < -0.4 is 10.6 Å². The molecule has 2 aliphatic rings. The van der Waals surface area contributed by atoms with Gasteiger partial charge in [0.2, 0.25) is 0 Å². The van der Waals surface area contributed by atoms with E-state index in [0.29, 0.717) is 12.1 Å². The molecular formula is C14H20N2. The fourth-order valence-electron chi connectivity index (χ4n) is 3.01. The minimum atomic E-state index is 0.598. The van der Waals surface area contributed by atoms with Crippen LogP contribution in [0.1, 0.15) is 36.4 Å². The zero-order valence-corrected chi connectivity index (χ0v) is 9.71. The molecule has 1 aromatic carbocycles. The Balaban J connectivity index is 1.68. The summed E-state index contributed by atoms with van der Waals surface area (Å²) in [6.45, 7) is 2.33. The summed E-state index contributed by atoms with van der Waals surface area (Å²) in [5.41, 5.74) is 3.08. The standard InChI is InChI=1S/C14H20N2/c1-2-6-13-11(4-1)7-8-14(13)16-12-5-3-9-15-10-12/h1-2,4,6,12,14-16H,3,5,7-10H2. The molecule has 2 N–H and O–H groups in total. The second-order valence-corrected chi connectivity index (χ2v) is 5.00. The van der Waals surface area contributed by atoms with E-state index >= 15 is 0 Å². The molecule has 2 nitrogen and oxygen atoms in total. The summed E-state index contributed by atoms with van der Waals surface area (Å²) in [7, 11) is 0. The lowest BCUT2D eigenvalue weighted by Crippen LogP contribution is -2.44. The Morgan fingerprint density at radius 1 is 1.19 bits per heavy atom. The van der Waals surface area contributed by atoms with Gasteiger partial charge in [-0.05, 0) is 43.4 Å². The topological polar surface area (TPSA) is 24.1 Å². The van der Waals surface area contributed by atoms with Gasteiger partial charge in [0.05, 0.1) is 0 Å². The first-order valence-electron chi connectivity index (χ1n) is 6.48. The zero-order chi connectivity index (χ0) is 10.8. The van der Waals surface area contributed by atoms with Crippen LogP contribution in [-0.4, -0.2) is 19.1 Å². The van der Waals surface area contributed by atoms with E-state index < -0.39 is 0 Å². The Hall–Kier alpha value is -0.860. The molecule has 0 amide bonds. The van der Waals surface area contributed by atoms with E-state index in [2.05, 4.69) is 34.9 Å². The van der Waals surface area contributed by atoms with Crippen molar-refractivity contribution in [2.75, 3.05) is 13.1 Å². The number of aryl methyl sites for hydroxylation is 1. The molecule has 0 radical (unpaired) electrons. The Bertz CT molecular complexity index is 356. The third-order valence-corrected chi connectivity index (χ3v) is 3.87. The molecule has 1 aromatic rings. The molecule has 0 bridgehead atoms. The van der Waals surface area contributed by atoms with Crippen LogP contribution in [-0.2, 0) is 6.42 Å². The summed E-state index contributed by atoms with van der Waals surface area (Å²) in [4.78, 5) is 0. The van der Waals surface area contributed by atoms with Crippen LogP contribution in [0, 0.1) is 0 Å². The average molecular weight is 216 g/mol. The molecule has 1 fully saturated rings. The molecule has 0 saturated carbocycles. The maximum atomic E-state index is 3.81. The highest BCUT2D eigenvalue weighted by atomic mass is 15.0. The second kappa shape index (κ2) is 4.56. The van der Waals surface area contributed by atoms with Crippen LogP contribution in [0.3, 0.4) is 0 Å². The summed E-state index contributed by atoms with van der Waals surface area (Å²) in [5, 5.41) is 7.28. The first-order chi connectivity index (χ1) is 7.93. The largest absolute Gasteiger partial charge is 0.315 e. The fourth-order valence-corrected chi connectivity index (χ4v) is 3.01.